The van der Waals surface area contributed by atoms with Gasteiger partial charge in [-0.25, -0.2) is 0 Å². The van der Waals surface area contributed by atoms with Crippen LogP contribution < -0.4 is 14.8 Å². The third-order valence-corrected chi connectivity index (χ3v) is 5.86. The smallest absolute Gasteiger partial charge is 0.231 e. The molecule has 2 heterocycles. The first-order chi connectivity index (χ1) is 13.6. The van der Waals surface area contributed by atoms with Crippen LogP contribution in [0.5, 0.6) is 11.5 Å². The van der Waals surface area contributed by atoms with Gasteiger partial charge in [0, 0.05) is 25.4 Å². The van der Waals surface area contributed by atoms with Gasteiger partial charge in [-0.05, 0) is 30.5 Å². The molecule has 1 aromatic carbocycles. The predicted molar refractivity (Wildman–Crippen MR) is 104 cm³/mol. The number of hydrogen-bond acceptors (Lipinski definition) is 7. The van der Waals surface area contributed by atoms with Crippen molar-refractivity contribution < 1.29 is 19.1 Å². The van der Waals surface area contributed by atoms with Crippen molar-refractivity contribution in [3.8, 4) is 11.5 Å². The first kappa shape index (κ1) is 18.7. The maximum atomic E-state index is 12.5. The van der Waals surface area contributed by atoms with Crippen molar-refractivity contribution in [2.45, 2.75) is 31.7 Å². The molecule has 1 N–H and O–H groups in total. The van der Waals surface area contributed by atoms with Crippen LogP contribution in [0.15, 0.2) is 18.2 Å². The van der Waals surface area contributed by atoms with Crippen molar-refractivity contribution in [3.63, 3.8) is 0 Å². The highest BCUT2D eigenvalue weighted by Gasteiger charge is 2.41. The summed E-state index contributed by atoms with van der Waals surface area (Å²) < 4.78 is 10.6. The van der Waals surface area contributed by atoms with Crippen molar-refractivity contribution in [2.75, 3.05) is 26.1 Å². The topological polar surface area (TPSA) is 93.7 Å². The summed E-state index contributed by atoms with van der Waals surface area (Å²) in [6, 6.07) is 6.03. The number of ether oxygens (including phenoxy) is 2. The minimum Gasteiger partial charge on any atom is -0.493 e. The first-order valence-electron chi connectivity index (χ1n) is 9.21. The molecule has 1 saturated carbocycles. The number of rotatable bonds is 7. The quantitative estimate of drug-likeness (QED) is 0.762. The zero-order valence-electron chi connectivity index (χ0n) is 15.8. The number of hydrogen-bond donors (Lipinski definition) is 1. The lowest BCUT2D eigenvalue weighted by atomic mass is 10.1. The summed E-state index contributed by atoms with van der Waals surface area (Å²) in [5, 5.41) is 12.3. The number of nitrogens with zero attached hydrogens (tertiary/aromatic N) is 3. The monoisotopic (exact) mass is 402 g/mol. The van der Waals surface area contributed by atoms with E-state index < -0.39 is 0 Å². The molecule has 1 atom stereocenters. The van der Waals surface area contributed by atoms with Crippen LogP contribution in [-0.2, 0) is 16.0 Å². The average Bonchev–Trinajstić information content (AvgIpc) is 3.33. The molecule has 1 aliphatic carbocycles. The van der Waals surface area contributed by atoms with Crippen LogP contribution in [0.2, 0.25) is 0 Å². The number of methoxy groups -OCH3 is 2. The van der Waals surface area contributed by atoms with Crippen LogP contribution in [0, 0.1) is 5.92 Å². The van der Waals surface area contributed by atoms with Gasteiger partial charge in [0.05, 0.1) is 20.1 Å². The number of benzene rings is 1. The summed E-state index contributed by atoms with van der Waals surface area (Å²) in [6.07, 6.45) is 2.96. The van der Waals surface area contributed by atoms with Gasteiger partial charge < -0.3 is 19.7 Å². The second-order valence-corrected chi connectivity index (χ2v) is 8.10. The molecule has 28 heavy (non-hydrogen) atoms. The Labute approximate surface area is 166 Å². The van der Waals surface area contributed by atoms with Gasteiger partial charge in [-0.2, -0.15) is 0 Å². The van der Waals surface area contributed by atoms with Crippen LogP contribution in [0.3, 0.4) is 0 Å². The standard InChI is InChI=1S/C19H22N4O4S/c1-26-14-6-3-11(7-15(14)27-2)8-16-21-22-19(28-16)20-18(25)12-9-17(24)23(10-12)13-4-5-13/h3,6-7,12-13H,4-5,8-10H2,1-2H3,(H,20,22,25)/t12-/m1/s1. The van der Waals surface area contributed by atoms with E-state index >= 15 is 0 Å². The maximum absolute atomic E-state index is 12.5. The number of amides is 2. The minimum atomic E-state index is -0.314. The van der Waals surface area contributed by atoms with Crippen molar-refractivity contribution in [3.05, 3.63) is 28.8 Å². The lowest BCUT2D eigenvalue weighted by molar-refractivity contribution is -0.128. The molecular weight excluding hydrogens is 380 g/mol. The fourth-order valence-corrected chi connectivity index (χ4v) is 4.17. The molecule has 2 aliphatic rings. The molecule has 4 rings (SSSR count). The Morgan fingerprint density at radius 1 is 1.25 bits per heavy atom. The van der Waals surface area contributed by atoms with E-state index in [2.05, 4.69) is 15.5 Å². The Morgan fingerprint density at radius 2 is 2.04 bits per heavy atom. The molecule has 2 amide bonds. The van der Waals surface area contributed by atoms with Crippen molar-refractivity contribution >= 4 is 28.3 Å². The van der Waals surface area contributed by atoms with Crippen molar-refractivity contribution in [1.29, 1.82) is 0 Å². The van der Waals surface area contributed by atoms with Gasteiger partial charge >= 0.3 is 0 Å². The van der Waals surface area contributed by atoms with Crippen LogP contribution in [-0.4, -0.2) is 53.7 Å². The third kappa shape index (κ3) is 3.94. The molecule has 0 spiro atoms. The lowest BCUT2D eigenvalue weighted by Crippen LogP contribution is -2.29. The number of carbonyl (C=O) groups is 2. The minimum absolute atomic E-state index is 0.0778. The zero-order valence-corrected chi connectivity index (χ0v) is 16.6. The summed E-state index contributed by atoms with van der Waals surface area (Å²) in [5.41, 5.74) is 1.01. The summed E-state index contributed by atoms with van der Waals surface area (Å²) in [4.78, 5) is 26.4. The molecule has 0 bridgehead atoms. The van der Waals surface area contributed by atoms with Gasteiger partial charge in [0.15, 0.2) is 11.5 Å². The van der Waals surface area contributed by atoms with Crippen LogP contribution >= 0.6 is 11.3 Å². The fourth-order valence-electron chi connectivity index (χ4n) is 3.39. The van der Waals surface area contributed by atoms with E-state index in [0.717, 1.165) is 23.4 Å². The van der Waals surface area contributed by atoms with E-state index in [1.165, 1.54) is 11.3 Å². The molecule has 148 valence electrons. The van der Waals surface area contributed by atoms with Gasteiger partial charge in [0.1, 0.15) is 5.01 Å². The fraction of sp³-hybridized carbons (Fsp3) is 0.474. The van der Waals surface area contributed by atoms with E-state index in [1.807, 2.05) is 23.1 Å². The average molecular weight is 402 g/mol. The third-order valence-electron chi connectivity index (χ3n) is 5.02. The van der Waals surface area contributed by atoms with E-state index in [1.54, 1.807) is 14.2 Å². The molecule has 0 unspecified atom stereocenters. The zero-order chi connectivity index (χ0) is 19.7. The Hall–Kier alpha value is -2.68. The largest absolute Gasteiger partial charge is 0.493 e. The predicted octanol–water partition coefficient (Wildman–Crippen LogP) is 2.10. The summed E-state index contributed by atoms with van der Waals surface area (Å²) >= 11 is 1.33. The number of carbonyl (C=O) groups excluding carboxylic acids is 2. The van der Waals surface area contributed by atoms with Crippen LogP contribution in [0.25, 0.3) is 0 Å². The molecule has 0 radical (unpaired) electrons. The van der Waals surface area contributed by atoms with Gasteiger partial charge in [0.25, 0.3) is 0 Å². The molecule has 1 aliphatic heterocycles. The summed E-state index contributed by atoms with van der Waals surface area (Å²) in [7, 11) is 3.19. The lowest BCUT2D eigenvalue weighted by Gasteiger charge is -2.14. The number of anilines is 1. The Bertz CT molecular complexity index is 896. The van der Waals surface area contributed by atoms with E-state index in [-0.39, 0.29) is 24.2 Å². The van der Waals surface area contributed by atoms with Gasteiger partial charge in [-0.1, -0.05) is 17.4 Å². The maximum Gasteiger partial charge on any atom is 0.231 e. The van der Waals surface area contributed by atoms with Crippen LogP contribution in [0.1, 0.15) is 29.8 Å². The first-order valence-corrected chi connectivity index (χ1v) is 10.0. The Balaban J connectivity index is 1.37. The molecule has 2 aromatic rings. The SMILES string of the molecule is COc1ccc(Cc2nnc(NC(=O)[C@@H]3CC(=O)N(C4CC4)C3)s2)cc1OC. The van der Waals surface area contributed by atoms with Gasteiger partial charge in [0.2, 0.25) is 16.9 Å². The summed E-state index contributed by atoms with van der Waals surface area (Å²) in [6.45, 7) is 0.507. The van der Waals surface area contributed by atoms with E-state index in [0.29, 0.717) is 35.6 Å². The summed E-state index contributed by atoms with van der Waals surface area (Å²) in [5.74, 6) is 0.928. The number of likely N-dealkylation sites (tertiary alicyclic amines) is 1. The van der Waals surface area contributed by atoms with Crippen molar-refractivity contribution in [1.82, 2.24) is 15.1 Å². The van der Waals surface area contributed by atoms with E-state index in [4.69, 9.17) is 9.47 Å². The van der Waals surface area contributed by atoms with Crippen molar-refractivity contribution in [2.24, 2.45) is 5.92 Å². The molecular formula is C19H22N4O4S. The highest BCUT2D eigenvalue weighted by Crippen LogP contribution is 2.33. The molecule has 2 fully saturated rings. The Morgan fingerprint density at radius 3 is 2.75 bits per heavy atom. The highest BCUT2D eigenvalue weighted by atomic mass is 32.1. The highest BCUT2D eigenvalue weighted by molar-refractivity contribution is 7.15. The Kier molecular flexibility index (Phi) is 5.17. The normalized spacial score (nSPS) is 19.0. The molecule has 9 heteroatoms. The van der Waals surface area contributed by atoms with Crippen LogP contribution in [0.4, 0.5) is 5.13 Å². The number of nitrogens with one attached hydrogen (secondary N) is 1. The second kappa shape index (κ2) is 7.75. The molecule has 8 nitrogen and oxygen atoms in total. The number of aromatic nitrogens is 2. The molecule has 1 saturated heterocycles. The van der Waals surface area contributed by atoms with E-state index in [9.17, 15) is 9.59 Å². The molecule has 1 aromatic heterocycles. The van der Waals surface area contributed by atoms with Gasteiger partial charge in [-0.15, -0.1) is 10.2 Å². The van der Waals surface area contributed by atoms with Gasteiger partial charge in [-0.3, -0.25) is 9.59 Å². The second-order valence-electron chi connectivity index (χ2n) is 7.03.